The van der Waals surface area contributed by atoms with E-state index in [9.17, 15) is 0 Å². The van der Waals surface area contributed by atoms with E-state index in [0.29, 0.717) is 31.1 Å². The van der Waals surface area contributed by atoms with Crippen molar-refractivity contribution in [1.82, 2.24) is 0 Å². The molecule has 4 saturated heterocycles. The third-order valence-corrected chi connectivity index (χ3v) is 113. The molecule has 12 rings (SSSR count). The zero-order valence-corrected chi connectivity index (χ0v) is 106. The monoisotopic (exact) mass is 2200 g/mol. The summed E-state index contributed by atoms with van der Waals surface area (Å²) < 4.78 is 213. The third-order valence-electron chi connectivity index (χ3n) is 19.4. The number of hydrogen-bond acceptors (Lipinski definition) is 27. The van der Waals surface area contributed by atoms with Gasteiger partial charge in [0.05, 0.1) is 0 Å². The third kappa shape index (κ3) is 29.1. The largest absolute Gasteiger partial charge is 0.512 e. The summed E-state index contributed by atoms with van der Waals surface area (Å²) in [4.78, 5) is 0. The van der Waals surface area contributed by atoms with Gasteiger partial charge in [0.25, 0.3) is 0 Å². The van der Waals surface area contributed by atoms with Crippen LogP contribution in [0.3, 0.4) is 0 Å². The van der Waals surface area contributed by atoms with Crippen molar-refractivity contribution in [2.45, 2.75) is 210 Å². The SMILES string of the molecule is C[Si]1(C)O[Si](c2ccccc2)O[Si](C)(C)O[Si](C)(C)O[Si](O[Si]2(c3ccccc3)O[Si](C)(C)O[Si](C)(C)O[Si](O[Si]3(c4ccccc4)O[Si](C)(C)O[Si](C)(C)O[Si](O[Si]4(c5ccccc5)O[Si](C)(C)O[Si](C)(C)O[Si](c5ccccc5)O[Si](C)(C)O[Si](C)(C)O4)(c4ccccc4)O[Si](C)(C)O[Si](C)(C)O3)(c3ccccc3)O[Si](C)(C)O[Si](C)(C)O2)(c2ccccc2)O[Si](C)(C)O1. The van der Waals surface area contributed by atoms with Gasteiger partial charge in [0.2, 0.25) is 0 Å². The Morgan fingerprint density at radius 2 is 0.244 bits per heavy atom. The van der Waals surface area contributed by atoms with E-state index in [1.165, 1.54) is 0 Å². The molecule has 4 heterocycles. The van der Waals surface area contributed by atoms with E-state index in [1.807, 2.05) is 452 Å². The normalized spacial score (nSPS) is 28.8. The van der Waals surface area contributed by atoms with Crippen LogP contribution in [0.15, 0.2) is 243 Å². The number of benzene rings is 8. The van der Waals surface area contributed by atoms with E-state index in [4.69, 9.17) is 111 Å². The maximum Gasteiger partial charge on any atom is 0.512 e. The predicted octanol–water partition coefficient (Wildman–Crippen LogP) is 14.6. The van der Waals surface area contributed by atoms with Crippen LogP contribution in [-0.4, -0.2) is 208 Å². The molecule has 0 aromatic heterocycles. The second-order valence-electron chi connectivity index (χ2n) is 40.0. The summed E-state index contributed by atoms with van der Waals surface area (Å²) in [5.74, 6) is 0. The summed E-state index contributed by atoms with van der Waals surface area (Å²) in [6.07, 6.45) is 0. The zero-order valence-electron chi connectivity index (χ0n) is 82.1. The first-order valence-corrected chi connectivity index (χ1v) is 102. The fourth-order valence-electron chi connectivity index (χ4n) is 17.1. The lowest BCUT2D eigenvalue weighted by Crippen LogP contribution is -2.80. The molecule has 8 aromatic carbocycles. The fourth-order valence-corrected chi connectivity index (χ4v) is 132. The van der Waals surface area contributed by atoms with Gasteiger partial charge in [-0.1, -0.05) is 243 Å². The topological polar surface area (TPSA) is 249 Å². The van der Waals surface area contributed by atoms with Crippen LogP contribution in [0.2, 0.25) is 210 Å². The van der Waals surface area contributed by atoms with Crippen LogP contribution < -0.4 is 41.5 Å². The Bertz CT molecular complexity index is 4650. The highest BCUT2D eigenvalue weighted by Crippen LogP contribution is 2.43. The summed E-state index contributed by atoms with van der Waals surface area (Å²) >= 11 is 0. The van der Waals surface area contributed by atoms with E-state index in [-0.39, 0.29) is 0 Å². The Balaban J connectivity index is 0.993. The molecule has 2 radical (unpaired) electrons. The Morgan fingerprint density at radius 3 is 0.366 bits per heavy atom. The Labute approximate surface area is 806 Å². The van der Waals surface area contributed by atoms with Gasteiger partial charge in [-0.05, 0) is 220 Å². The molecule has 27 nitrogen and oxygen atoms in total. The van der Waals surface area contributed by atoms with Crippen molar-refractivity contribution in [1.29, 1.82) is 0 Å². The Kier molecular flexibility index (Phi) is 32.9. The molecule has 0 amide bonds. The smallest absolute Gasteiger partial charge is 0.416 e. The molecule has 4 aliphatic rings. The molecule has 0 unspecified atom stereocenters. The Hall–Kier alpha value is -2.11. The lowest BCUT2D eigenvalue weighted by atomic mass is 10.4. The van der Waals surface area contributed by atoms with Gasteiger partial charge in [-0.25, -0.2) is 0 Å². The molecule has 714 valence electrons. The first-order chi connectivity index (χ1) is 60.2. The standard InChI is InChI=1S/C80H136O27Si24/c1-110(2)81-108(73-57-41-33-42-58-73)82-111(3,4)86-115(11,12)94-126(93-114(9,10)85-110,75-61-45-35-46-62-75)105-128(77-65-49-37-50-66-77)97-118(17,18)89-122(25,26)101-130(79-69-53-39-54-70-79,102-123(27,28)90-119(19,20)98-128)107-131(80-71-55-40-56-72-80)103-124(29,30)91-120(21,22)99-129(78-67-51-38-52-68-78,100-121(23,24)92-125(31,32)104-131)106-127(76-63-47-36-48-64-76)95-116(13,14)87-112(5,6)83-109(74-59-43-34-44-60-74)84-113(7,8)88-117(15,16)96-127/h33-72H,1-32H3. The molecule has 131 heavy (non-hydrogen) atoms. The second-order valence-corrected chi connectivity index (χ2v) is 119. The lowest BCUT2D eigenvalue weighted by Gasteiger charge is -2.52. The first-order valence-electron chi connectivity index (χ1n) is 44.3. The van der Waals surface area contributed by atoms with E-state index < -0.39 is 208 Å². The lowest BCUT2D eigenvalue weighted by molar-refractivity contribution is 0.136. The van der Waals surface area contributed by atoms with E-state index in [2.05, 4.69) is 0 Å². The number of rotatable bonds is 14. The molecule has 8 aromatic rings. The van der Waals surface area contributed by atoms with E-state index >= 15 is 0 Å². The molecule has 51 heteroatoms. The summed E-state index contributed by atoms with van der Waals surface area (Å²) in [7, 11) is -92.1. The van der Waals surface area contributed by atoms with Crippen LogP contribution in [0, 0.1) is 0 Å². The van der Waals surface area contributed by atoms with Gasteiger partial charge >= 0.3 is 208 Å². The molecular formula is C80H136O27Si24. The fraction of sp³-hybridized carbons (Fsp3) is 0.400. The number of hydrogen-bond donors (Lipinski definition) is 0. The van der Waals surface area contributed by atoms with Crippen molar-refractivity contribution in [3.8, 4) is 0 Å². The molecule has 0 aliphatic carbocycles. The summed E-state index contributed by atoms with van der Waals surface area (Å²) in [5, 5.41) is 5.41. The molecule has 0 bridgehead atoms. The zero-order chi connectivity index (χ0) is 96.1. The minimum atomic E-state index is -4.90. The first kappa shape index (κ1) is 108. The van der Waals surface area contributed by atoms with Crippen molar-refractivity contribution in [3.63, 3.8) is 0 Å². The highest BCUT2D eigenvalue weighted by atomic mass is 28.6. The molecule has 0 saturated carbocycles. The molecule has 0 spiro atoms. The van der Waals surface area contributed by atoms with Crippen LogP contribution >= 0.6 is 0 Å². The highest BCUT2D eigenvalue weighted by molar-refractivity contribution is 7.06. The molecule has 4 fully saturated rings. The minimum Gasteiger partial charge on any atom is -0.416 e. The highest BCUT2D eigenvalue weighted by Gasteiger charge is 2.72. The summed E-state index contributed by atoms with van der Waals surface area (Å²) in [6, 6.07) is 78.7. The average molecular weight is 2200 g/mol. The van der Waals surface area contributed by atoms with Gasteiger partial charge < -0.3 is 111 Å². The van der Waals surface area contributed by atoms with Crippen molar-refractivity contribution >= 4 is 250 Å². The van der Waals surface area contributed by atoms with Gasteiger partial charge in [0.1, 0.15) is 0 Å². The van der Waals surface area contributed by atoms with Crippen LogP contribution in [0.25, 0.3) is 0 Å². The predicted molar refractivity (Wildman–Crippen MR) is 564 cm³/mol. The van der Waals surface area contributed by atoms with Gasteiger partial charge in [0, 0.05) is 31.1 Å². The van der Waals surface area contributed by atoms with Gasteiger partial charge in [-0.15, -0.1) is 0 Å². The minimum absolute atomic E-state index is 0.563. The van der Waals surface area contributed by atoms with Crippen molar-refractivity contribution < 1.29 is 111 Å². The van der Waals surface area contributed by atoms with E-state index in [0.717, 1.165) is 10.4 Å². The average Bonchev–Trinajstić information content (AvgIpc) is 0.727. The summed E-state index contributed by atoms with van der Waals surface area (Å²) in [6.45, 7) is 64.0. The second kappa shape index (κ2) is 40.0. The maximum absolute atomic E-state index is 8.52. The van der Waals surface area contributed by atoms with Crippen molar-refractivity contribution in [3.05, 3.63) is 243 Å². The van der Waals surface area contributed by atoms with Crippen molar-refractivity contribution in [2.24, 2.45) is 0 Å². The van der Waals surface area contributed by atoms with Gasteiger partial charge in [-0.2, -0.15) is 0 Å². The molecule has 0 atom stereocenters. The molecule has 0 N–H and O–H groups in total. The van der Waals surface area contributed by atoms with Gasteiger partial charge in [0.15, 0.2) is 0 Å². The van der Waals surface area contributed by atoms with Crippen LogP contribution in [0.1, 0.15) is 0 Å². The Morgan fingerprint density at radius 1 is 0.137 bits per heavy atom. The van der Waals surface area contributed by atoms with Gasteiger partial charge in [-0.3, -0.25) is 0 Å². The molecule has 4 aliphatic heterocycles. The maximum atomic E-state index is 8.52. The van der Waals surface area contributed by atoms with Crippen molar-refractivity contribution in [2.75, 3.05) is 0 Å². The van der Waals surface area contributed by atoms with Crippen LogP contribution in [-0.2, 0) is 111 Å². The molecular weight excluding hydrogens is 2070 g/mol. The van der Waals surface area contributed by atoms with Crippen LogP contribution in [0.4, 0.5) is 0 Å². The quantitative estimate of drug-likeness (QED) is 0.0918. The summed E-state index contributed by atoms with van der Waals surface area (Å²) in [5.41, 5.74) is 0. The van der Waals surface area contributed by atoms with E-state index in [1.54, 1.807) is 0 Å². The van der Waals surface area contributed by atoms with Crippen LogP contribution in [0.5, 0.6) is 0 Å².